The summed E-state index contributed by atoms with van der Waals surface area (Å²) in [6, 6.07) is 13.8. The van der Waals surface area contributed by atoms with Gasteiger partial charge in [-0.3, -0.25) is 4.90 Å². The van der Waals surface area contributed by atoms with Gasteiger partial charge in [-0.2, -0.15) is 0 Å². The fourth-order valence-corrected chi connectivity index (χ4v) is 4.75. The van der Waals surface area contributed by atoms with Gasteiger partial charge in [-0.25, -0.2) is 9.18 Å². The zero-order valence-corrected chi connectivity index (χ0v) is 16.3. The fourth-order valence-electron chi connectivity index (χ4n) is 4.75. The highest BCUT2D eigenvalue weighted by atomic mass is 19.1. The van der Waals surface area contributed by atoms with Gasteiger partial charge in [0.25, 0.3) is 0 Å². The maximum absolute atomic E-state index is 13.9. The van der Waals surface area contributed by atoms with Crippen molar-refractivity contribution >= 4 is 6.03 Å². The number of rotatable bonds is 3. The average molecular weight is 383 g/mol. The maximum Gasteiger partial charge on any atom is 0.320 e. The van der Waals surface area contributed by atoms with Crippen LogP contribution in [0.3, 0.4) is 0 Å². The summed E-state index contributed by atoms with van der Waals surface area (Å²) in [4.78, 5) is 18.6. The number of phenolic OH excluding ortho intramolecular Hbond substituents is 1. The van der Waals surface area contributed by atoms with Crippen molar-refractivity contribution in [2.45, 2.75) is 12.6 Å². The Labute approximate surface area is 165 Å². The van der Waals surface area contributed by atoms with Crippen molar-refractivity contribution in [2.75, 3.05) is 33.7 Å². The summed E-state index contributed by atoms with van der Waals surface area (Å²) in [6.45, 7) is 3.18. The number of likely N-dealkylation sites (tertiary alicyclic amines) is 2. The van der Waals surface area contributed by atoms with Crippen LogP contribution in [0, 0.1) is 17.7 Å². The molecular weight excluding hydrogens is 357 g/mol. The summed E-state index contributed by atoms with van der Waals surface area (Å²) in [5.41, 5.74) is 1.94. The summed E-state index contributed by atoms with van der Waals surface area (Å²) in [6.07, 6.45) is 0. The van der Waals surface area contributed by atoms with Gasteiger partial charge in [0.1, 0.15) is 11.6 Å². The van der Waals surface area contributed by atoms with E-state index in [1.807, 2.05) is 23.1 Å². The summed E-state index contributed by atoms with van der Waals surface area (Å²) in [5, 5.41) is 9.71. The Morgan fingerprint density at radius 3 is 2.64 bits per heavy atom. The first-order chi connectivity index (χ1) is 13.4. The summed E-state index contributed by atoms with van der Waals surface area (Å²) in [5.74, 6) is 0.627. The number of halogens is 1. The largest absolute Gasteiger partial charge is 0.508 e. The number of hydrogen-bond donors (Lipinski definition) is 1. The molecule has 2 fully saturated rings. The number of fused-ring (bicyclic) bond motifs is 1. The number of carbonyl (C=O) groups excluding carboxylic acids is 1. The molecule has 2 amide bonds. The zero-order chi connectivity index (χ0) is 19.8. The lowest BCUT2D eigenvalue weighted by Crippen LogP contribution is -2.41. The minimum Gasteiger partial charge on any atom is -0.508 e. The van der Waals surface area contributed by atoms with Crippen molar-refractivity contribution in [1.82, 2.24) is 14.7 Å². The van der Waals surface area contributed by atoms with Gasteiger partial charge in [0.15, 0.2) is 0 Å². The highest BCUT2D eigenvalue weighted by molar-refractivity contribution is 5.75. The Balaban J connectivity index is 1.57. The van der Waals surface area contributed by atoms with Crippen LogP contribution in [0.2, 0.25) is 0 Å². The Hall–Kier alpha value is -2.60. The van der Waals surface area contributed by atoms with E-state index in [1.54, 1.807) is 43.3 Å². The van der Waals surface area contributed by atoms with E-state index < -0.39 is 0 Å². The molecule has 3 atom stereocenters. The van der Waals surface area contributed by atoms with Crippen LogP contribution >= 0.6 is 0 Å². The molecule has 0 spiro atoms. The normalized spacial score (nSPS) is 24.4. The molecule has 0 bridgehead atoms. The second-order valence-electron chi connectivity index (χ2n) is 8.12. The van der Waals surface area contributed by atoms with Crippen LogP contribution in [0.1, 0.15) is 17.2 Å². The highest BCUT2D eigenvalue weighted by Gasteiger charge is 2.49. The predicted molar refractivity (Wildman–Crippen MR) is 105 cm³/mol. The Morgan fingerprint density at radius 1 is 1.14 bits per heavy atom. The highest BCUT2D eigenvalue weighted by Crippen LogP contribution is 2.45. The third kappa shape index (κ3) is 3.56. The first-order valence-electron chi connectivity index (χ1n) is 9.66. The van der Waals surface area contributed by atoms with Crippen molar-refractivity contribution < 1.29 is 14.3 Å². The minimum atomic E-state index is -0.271. The van der Waals surface area contributed by atoms with Crippen LogP contribution in [0.15, 0.2) is 48.5 Å². The zero-order valence-electron chi connectivity index (χ0n) is 16.3. The topological polar surface area (TPSA) is 47.0 Å². The van der Waals surface area contributed by atoms with Crippen molar-refractivity contribution in [3.05, 3.63) is 65.5 Å². The Morgan fingerprint density at radius 2 is 1.93 bits per heavy atom. The van der Waals surface area contributed by atoms with Crippen LogP contribution in [0.5, 0.6) is 5.75 Å². The van der Waals surface area contributed by atoms with E-state index in [4.69, 9.17) is 0 Å². The molecule has 2 aliphatic rings. The number of phenols is 1. The molecule has 6 heteroatoms. The summed E-state index contributed by atoms with van der Waals surface area (Å²) < 4.78 is 13.9. The molecular formula is C22H26FN3O2. The number of nitrogens with zero attached hydrogens (tertiary/aromatic N) is 3. The first-order valence-corrected chi connectivity index (χ1v) is 9.66. The van der Waals surface area contributed by atoms with Crippen LogP contribution in [-0.4, -0.2) is 59.6 Å². The number of carbonyl (C=O) groups is 1. The molecule has 0 unspecified atom stereocenters. The number of aromatic hydroxyl groups is 1. The molecule has 5 nitrogen and oxygen atoms in total. The molecule has 0 aliphatic carbocycles. The standard InChI is InChI=1S/C22H26FN3O2/c1-24(2)22(28)26-13-17-12-25(11-15-5-3-8-19(27)9-15)14-20(17)21(26)16-6-4-7-18(23)10-16/h3-10,17,20-21,27H,11-14H2,1-2H3/t17-,20-,21+/m1/s1. The molecule has 1 N–H and O–H groups in total. The van der Waals surface area contributed by atoms with Gasteiger partial charge in [-0.1, -0.05) is 24.3 Å². The van der Waals surface area contributed by atoms with Gasteiger partial charge in [-0.05, 0) is 41.3 Å². The minimum absolute atomic E-state index is 0.0248. The predicted octanol–water partition coefficient (Wildman–Crippen LogP) is 3.32. The van der Waals surface area contributed by atoms with Gasteiger partial charge in [0.2, 0.25) is 0 Å². The second-order valence-corrected chi connectivity index (χ2v) is 8.12. The lowest BCUT2D eigenvalue weighted by Gasteiger charge is -2.32. The number of hydrogen-bond acceptors (Lipinski definition) is 3. The van der Waals surface area contributed by atoms with Crippen molar-refractivity contribution in [1.29, 1.82) is 0 Å². The van der Waals surface area contributed by atoms with Crippen LogP contribution in [0.4, 0.5) is 9.18 Å². The summed E-state index contributed by atoms with van der Waals surface area (Å²) >= 11 is 0. The van der Waals surface area contributed by atoms with E-state index in [0.29, 0.717) is 12.5 Å². The second kappa shape index (κ2) is 7.43. The molecule has 28 heavy (non-hydrogen) atoms. The molecule has 0 saturated carbocycles. The van der Waals surface area contributed by atoms with E-state index >= 15 is 0 Å². The maximum atomic E-state index is 13.9. The third-order valence-corrected chi connectivity index (χ3v) is 5.87. The Kier molecular flexibility index (Phi) is 4.98. The summed E-state index contributed by atoms with van der Waals surface area (Å²) in [7, 11) is 3.51. The van der Waals surface area contributed by atoms with E-state index in [-0.39, 0.29) is 29.6 Å². The Bertz CT molecular complexity index is 872. The van der Waals surface area contributed by atoms with Gasteiger partial charge in [0.05, 0.1) is 6.04 Å². The van der Waals surface area contributed by atoms with Crippen molar-refractivity contribution in [2.24, 2.45) is 11.8 Å². The molecule has 2 aromatic rings. The fraction of sp³-hybridized carbons (Fsp3) is 0.409. The van der Waals surface area contributed by atoms with E-state index in [0.717, 1.165) is 30.8 Å². The third-order valence-electron chi connectivity index (χ3n) is 5.87. The van der Waals surface area contributed by atoms with Gasteiger partial charge in [-0.15, -0.1) is 0 Å². The smallest absolute Gasteiger partial charge is 0.320 e. The lowest BCUT2D eigenvalue weighted by molar-refractivity contribution is 0.151. The molecule has 0 aromatic heterocycles. The molecule has 148 valence electrons. The molecule has 2 aromatic carbocycles. The SMILES string of the molecule is CN(C)C(=O)N1C[C@H]2CN(Cc3cccc(O)c3)C[C@H]2[C@@H]1c1cccc(F)c1. The average Bonchev–Trinajstić information content (AvgIpc) is 3.17. The molecule has 2 aliphatic heterocycles. The van der Waals surface area contributed by atoms with E-state index in [1.165, 1.54) is 6.07 Å². The van der Waals surface area contributed by atoms with E-state index in [9.17, 15) is 14.3 Å². The van der Waals surface area contributed by atoms with Crippen LogP contribution in [-0.2, 0) is 6.54 Å². The number of amides is 2. The van der Waals surface area contributed by atoms with Crippen molar-refractivity contribution in [3.8, 4) is 5.75 Å². The number of urea groups is 1. The monoisotopic (exact) mass is 383 g/mol. The first kappa shape index (κ1) is 18.7. The molecule has 2 saturated heterocycles. The van der Waals surface area contributed by atoms with Gasteiger partial charge < -0.3 is 14.9 Å². The van der Waals surface area contributed by atoms with Gasteiger partial charge in [0, 0.05) is 46.2 Å². The molecule has 4 rings (SSSR count). The lowest BCUT2D eigenvalue weighted by atomic mass is 9.89. The van der Waals surface area contributed by atoms with Crippen LogP contribution < -0.4 is 0 Å². The molecule has 2 heterocycles. The van der Waals surface area contributed by atoms with Gasteiger partial charge >= 0.3 is 6.03 Å². The quantitative estimate of drug-likeness (QED) is 0.885. The van der Waals surface area contributed by atoms with Crippen molar-refractivity contribution in [3.63, 3.8) is 0 Å². The van der Waals surface area contributed by atoms with E-state index in [2.05, 4.69) is 4.90 Å². The molecule has 0 radical (unpaired) electrons. The van der Waals surface area contributed by atoms with Crippen LogP contribution in [0.25, 0.3) is 0 Å². The number of benzene rings is 2.